The summed E-state index contributed by atoms with van der Waals surface area (Å²) in [4.78, 5) is 8.00. The van der Waals surface area contributed by atoms with Crippen molar-refractivity contribution in [1.82, 2.24) is 9.97 Å². The lowest BCUT2D eigenvalue weighted by Gasteiger charge is -1.94. The SMILES string of the molecule is C=C(Br)c1cnc(C)nc1. The predicted octanol–water partition coefficient (Wildman–Crippen LogP) is 2.15. The van der Waals surface area contributed by atoms with Crippen molar-refractivity contribution in [2.24, 2.45) is 0 Å². The van der Waals surface area contributed by atoms with E-state index in [4.69, 9.17) is 0 Å². The van der Waals surface area contributed by atoms with Gasteiger partial charge in [0.25, 0.3) is 0 Å². The van der Waals surface area contributed by atoms with Crippen LogP contribution in [0.1, 0.15) is 11.4 Å². The van der Waals surface area contributed by atoms with E-state index in [-0.39, 0.29) is 0 Å². The van der Waals surface area contributed by atoms with Gasteiger partial charge in [0.1, 0.15) is 5.82 Å². The minimum Gasteiger partial charge on any atom is -0.241 e. The van der Waals surface area contributed by atoms with Crippen LogP contribution in [0, 0.1) is 6.92 Å². The summed E-state index contributed by atoms with van der Waals surface area (Å²) in [6.45, 7) is 5.54. The van der Waals surface area contributed by atoms with Crippen molar-refractivity contribution in [3.63, 3.8) is 0 Å². The van der Waals surface area contributed by atoms with Crippen LogP contribution in [0.2, 0.25) is 0 Å². The van der Waals surface area contributed by atoms with Crippen LogP contribution < -0.4 is 0 Å². The Labute approximate surface area is 68.1 Å². The van der Waals surface area contributed by atoms with Gasteiger partial charge in [-0.3, -0.25) is 0 Å². The molecule has 1 rings (SSSR count). The number of halogens is 1. The van der Waals surface area contributed by atoms with Gasteiger partial charge in [0.15, 0.2) is 0 Å². The number of aryl methyl sites for hydroxylation is 1. The first kappa shape index (κ1) is 7.41. The Bertz CT molecular complexity index is 240. The van der Waals surface area contributed by atoms with Crippen molar-refractivity contribution >= 4 is 20.4 Å². The van der Waals surface area contributed by atoms with Crippen LogP contribution in [-0.2, 0) is 0 Å². The van der Waals surface area contributed by atoms with E-state index in [1.165, 1.54) is 0 Å². The number of hydrogen-bond donors (Lipinski definition) is 0. The molecule has 0 aliphatic rings. The van der Waals surface area contributed by atoms with Crippen molar-refractivity contribution in [3.05, 3.63) is 30.4 Å². The van der Waals surface area contributed by atoms with E-state index in [1.54, 1.807) is 12.4 Å². The molecular formula is C7H7BrN2. The minimum absolute atomic E-state index is 0.775. The number of rotatable bonds is 1. The summed E-state index contributed by atoms with van der Waals surface area (Å²) < 4.78 is 0.813. The molecule has 1 aromatic heterocycles. The molecular weight excluding hydrogens is 192 g/mol. The summed E-state index contributed by atoms with van der Waals surface area (Å²) in [5.74, 6) is 0.775. The topological polar surface area (TPSA) is 25.8 Å². The van der Waals surface area contributed by atoms with Gasteiger partial charge < -0.3 is 0 Å². The monoisotopic (exact) mass is 198 g/mol. The van der Waals surface area contributed by atoms with E-state index in [1.807, 2.05) is 6.92 Å². The zero-order chi connectivity index (χ0) is 7.56. The lowest BCUT2D eigenvalue weighted by molar-refractivity contribution is 1.05. The Morgan fingerprint density at radius 1 is 1.50 bits per heavy atom. The summed E-state index contributed by atoms with van der Waals surface area (Å²) in [6, 6.07) is 0. The maximum atomic E-state index is 4.00. The lowest BCUT2D eigenvalue weighted by Crippen LogP contribution is -1.86. The van der Waals surface area contributed by atoms with Crippen LogP contribution in [0.25, 0.3) is 4.48 Å². The molecule has 10 heavy (non-hydrogen) atoms. The second-order valence-electron chi connectivity index (χ2n) is 1.92. The molecule has 0 aliphatic heterocycles. The van der Waals surface area contributed by atoms with Crippen molar-refractivity contribution in [2.75, 3.05) is 0 Å². The molecule has 0 fully saturated rings. The molecule has 0 bridgehead atoms. The van der Waals surface area contributed by atoms with Crippen LogP contribution in [0.15, 0.2) is 19.0 Å². The van der Waals surface area contributed by atoms with Crippen molar-refractivity contribution < 1.29 is 0 Å². The molecule has 1 heterocycles. The zero-order valence-corrected chi connectivity index (χ0v) is 7.22. The van der Waals surface area contributed by atoms with E-state index >= 15 is 0 Å². The van der Waals surface area contributed by atoms with Crippen molar-refractivity contribution in [1.29, 1.82) is 0 Å². The molecule has 52 valence electrons. The zero-order valence-electron chi connectivity index (χ0n) is 5.63. The summed E-state index contributed by atoms with van der Waals surface area (Å²) in [5.41, 5.74) is 0.922. The largest absolute Gasteiger partial charge is 0.241 e. The first-order chi connectivity index (χ1) is 4.70. The van der Waals surface area contributed by atoms with Crippen LogP contribution in [-0.4, -0.2) is 9.97 Å². The number of hydrogen-bond acceptors (Lipinski definition) is 2. The summed E-state index contributed by atoms with van der Waals surface area (Å²) in [6.07, 6.45) is 3.47. The smallest absolute Gasteiger partial charge is 0.125 e. The van der Waals surface area contributed by atoms with Gasteiger partial charge in [-0.1, -0.05) is 22.5 Å². The molecule has 0 aliphatic carbocycles. The van der Waals surface area contributed by atoms with E-state index in [2.05, 4.69) is 32.5 Å². The third-order valence-corrected chi connectivity index (χ3v) is 1.55. The average molecular weight is 199 g/mol. The molecule has 2 nitrogen and oxygen atoms in total. The van der Waals surface area contributed by atoms with E-state index in [9.17, 15) is 0 Å². The van der Waals surface area contributed by atoms with Crippen molar-refractivity contribution in [3.8, 4) is 0 Å². The highest BCUT2D eigenvalue weighted by molar-refractivity contribution is 9.15. The fourth-order valence-corrected chi connectivity index (χ4v) is 0.737. The van der Waals surface area contributed by atoms with Gasteiger partial charge in [-0.2, -0.15) is 0 Å². The molecule has 0 saturated carbocycles. The Kier molecular flexibility index (Phi) is 2.17. The summed E-state index contributed by atoms with van der Waals surface area (Å²) >= 11 is 3.23. The molecule has 0 N–H and O–H groups in total. The highest BCUT2D eigenvalue weighted by Gasteiger charge is 1.93. The van der Waals surface area contributed by atoms with E-state index < -0.39 is 0 Å². The molecule has 0 aromatic carbocycles. The van der Waals surface area contributed by atoms with Crippen molar-refractivity contribution in [2.45, 2.75) is 6.92 Å². The fraction of sp³-hybridized carbons (Fsp3) is 0.143. The Balaban J connectivity index is 3.00. The molecule has 3 heteroatoms. The van der Waals surface area contributed by atoms with Gasteiger partial charge >= 0.3 is 0 Å². The second-order valence-corrected chi connectivity index (χ2v) is 2.88. The standard InChI is InChI=1S/C7H7BrN2/c1-5(8)7-3-9-6(2)10-4-7/h3-4H,1H2,2H3. The summed E-state index contributed by atoms with van der Waals surface area (Å²) in [5, 5.41) is 0. The van der Waals surface area contributed by atoms with Gasteiger partial charge in [-0.15, -0.1) is 0 Å². The summed E-state index contributed by atoms with van der Waals surface area (Å²) in [7, 11) is 0. The Morgan fingerprint density at radius 3 is 2.40 bits per heavy atom. The third-order valence-electron chi connectivity index (χ3n) is 1.09. The Morgan fingerprint density at radius 2 is 2.00 bits per heavy atom. The lowest BCUT2D eigenvalue weighted by atomic mass is 10.3. The average Bonchev–Trinajstić information content (AvgIpc) is 1.88. The van der Waals surface area contributed by atoms with Crippen LogP contribution in [0.4, 0.5) is 0 Å². The van der Waals surface area contributed by atoms with Gasteiger partial charge in [-0.05, 0) is 6.92 Å². The van der Waals surface area contributed by atoms with Gasteiger partial charge in [0, 0.05) is 22.4 Å². The minimum atomic E-state index is 0.775. The second kappa shape index (κ2) is 2.92. The maximum absolute atomic E-state index is 4.00. The maximum Gasteiger partial charge on any atom is 0.125 e. The quantitative estimate of drug-likeness (QED) is 0.692. The molecule has 0 radical (unpaired) electrons. The first-order valence-electron chi connectivity index (χ1n) is 2.83. The highest BCUT2D eigenvalue weighted by atomic mass is 79.9. The van der Waals surface area contributed by atoms with E-state index in [0.29, 0.717) is 0 Å². The molecule has 0 amide bonds. The fourth-order valence-electron chi connectivity index (χ4n) is 0.533. The van der Waals surface area contributed by atoms with Crippen LogP contribution >= 0.6 is 15.9 Å². The predicted molar refractivity (Wildman–Crippen MR) is 44.7 cm³/mol. The van der Waals surface area contributed by atoms with E-state index in [0.717, 1.165) is 15.9 Å². The normalized spacial score (nSPS) is 9.40. The first-order valence-corrected chi connectivity index (χ1v) is 3.63. The highest BCUT2D eigenvalue weighted by Crippen LogP contribution is 2.15. The molecule has 0 atom stereocenters. The molecule has 0 spiro atoms. The number of nitrogens with zero attached hydrogens (tertiary/aromatic N) is 2. The van der Waals surface area contributed by atoms with Gasteiger partial charge in [0.2, 0.25) is 0 Å². The van der Waals surface area contributed by atoms with Crippen LogP contribution in [0.5, 0.6) is 0 Å². The number of aromatic nitrogens is 2. The molecule has 1 aromatic rings. The van der Waals surface area contributed by atoms with Gasteiger partial charge in [-0.25, -0.2) is 9.97 Å². The molecule has 0 unspecified atom stereocenters. The third kappa shape index (κ3) is 1.64. The van der Waals surface area contributed by atoms with Crippen LogP contribution in [0.3, 0.4) is 0 Å². The molecule has 0 saturated heterocycles. The Hall–Kier alpha value is -0.700. The van der Waals surface area contributed by atoms with Gasteiger partial charge in [0.05, 0.1) is 0 Å².